The number of halogens is 2. The molecule has 0 unspecified atom stereocenters. The quantitative estimate of drug-likeness (QED) is 0.700. The van der Waals surface area contributed by atoms with E-state index in [9.17, 15) is 13.6 Å². The lowest BCUT2D eigenvalue weighted by molar-refractivity contribution is -0.115. The number of carbonyl (C=O) groups excluding carboxylic acids is 1. The summed E-state index contributed by atoms with van der Waals surface area (Å²) in [4.78, 5) is 12.3. The van der Waals surface area contributed by atoms with Crippen LogP contribution < -0.4 is 10.1 Å². The van der Waals surface area contributed by atoms with Gasteiger partial charge in [-0.05, 0) is 30.2 Å². The molecule has 1 amide bonds. The number of hydrogen-bond donors (Lipinski definition) is 1. The first-order chi connectivity index (χ1) is 12.1. The zero-order valence-corrected chi connectivity index (χ0v) is 13.6. The lowest BCUT2D eigenvalue weighted by atomic mass is 10.1. The molecule has 0 fully saturated rings. The first-order valence-corrected chi connectivity index (χ1v) is 7.89. The Balaban J connectivity index is 1.75. The average molecular weight is 345 g/mol. The first kappa shape index (κ1) is 17.0. The van der Waals surface area contributed by atoms with Crippen molar-refractivity contribution in [2.75, 3.05) is 5.32 Å². The molecule has 0 radical (unpaired) electrons. The Morgan fingerprint density at radius 1 is 1.24 bits per heavy atom. The third-order valence-electron chi connectivity index (χ3n) is 3.86. The summed E-state index contributed by atoms with van der Waals surface area (Å²) in [5.74, 6) is -0.414. The van der Waals surface area contributed by atoms with Crippen LogP contribution in [0, 0.1) is 0 Å². The molecule has 1 N–H and O–H groups in total. The summed E-state index contributed by atoms with van der Waals surface area (Å²) >= 11 is 0. The van der Waals surface area contributed by atoms with Gasteiger partial charge in [0.15, 0.2) is 0 Å². The maximum absolute atomic E-state index is 12.4. The first-order valence-electron chi connectivity index (χ1n) is 7.89. The molecule has 1 heterocycles. The Bertz CT molecular complexity index is 889. The van der Waals surface area contributed by atoms with Crippen LogP contribution in [0.2, 0.25) is 0 Å². The monoisotopic (exact) mass is 345 g/mol. The zero-order chi connectivity index (χ0) is 17.8. The topological polar surface area (TPSA) is 51.5 Å². The van der Waals surface area contributed by atoms with E-state index in [-0.39, 0.29) is 23.8 Å². The number of rotatable bonds is 6. The fourth-order valence-electron chi connectivity index (χ4n) is 2.62. The van der Waals surface area contributed by atoms with Crippen molar-refractivity contribution in [2.45, 2.75) is 26.4 Å². The van der Waals surface area contributed by atoms with Crippen LogP contribution in [0.25, 0.3) is 11.0 Å². The normalized spacial score (nSPS) is 11.0. The van der Waals surface area contributed by atoms with Gasteiger partial charge in [-0.15, -0.1) is 0 Å². The number of aryl methyl sites for hydroxylation is 1. The van der Waals surface area contributed by atoms with E-state index in [4.69, 9.17) is 4.42 Å². The largest absolute Gasteiger partial charge is 0.464 e. The number of alkyl halides is 2. The van der Waals surface area contributed by atoms with E-state index in [0.29, 0.717) is 0 Å². The van der Waals surface area contributed by atoms with Crippen molar-refractivity contribution in [3.05, 3.63) is 59.9 Å². The minimum Gasteiger partial charge on any atom is -0.464 e. The number of benzene rings is 2. The second kappa shape index (κ2) is 7.34. The van der Waals surface area contributed by atoms with Crippen LogP contribution in [0.4, 0.5) is 14.5 Å². The Morgan fingerprint density at radius 3 is 2.80 bits per heavy atom. The predicted molar refractivity (Wildman–Crippen MR) is 91.0 cm³/mol. The Kier molecular flexibility index (Phi) is 4.97. The number of furan rings is 1. The van der Waals surface area contributed by atoms with E-state index < -0.39 is 6.61 Å². The highest BCUT2D eigenvalue weighted by Crippen LogP contribution is 2.27. The van der Waals surface area contributed by atoms with E-state index >= 15 is 0 Å². The van der Waals surface area contributed by atoms with Crippen LogP contribution in [-0.2, 0) is 17.6 Å². The van der Waals surface area contributed by atoms with Gasteiger partial charge in [-0.1, -0.05) is 31.2 Å². The SMILES string of the molecule is CCc1ccc2c(CC(=O)Nc3ccccc3OC(F)F)coc2c1. The third-order valence-corrected chi connectivity index (χ3v) is 3.86. The van der Waals surface area contributed by atoms with Gasteiger partial charge in [0, 0.05) is 10.9 Å². The highest BCUT2D eigenvalue weighted by molar-refractivity contribution is 5.96. The number of anilines is 1. The highest BCUT2D eigenvalue weighted by atomic mass is 19.3. The molecular formula is C19H17F2NO3. The second-order valence-corrected chi connectivity index (χ2v) is 5.54. The van der Waals surface area contributed by atoms with Gasteiger partial charge in [0.2, 0.25) is 5.91 Å². The summed E-state index contributed by atoms with van der Waals surface area (Å²) < 4.78 is 34.8. The van der Waals surface area contributed by atoms with Crippen molar-refractivity contribution < 1.29 is 22.7 Å². The number of hydrogen-bond acceptors (Lipinski definition) is 3. The molecular weight excluding hydrogens is 328 g/mol. The molecule has 0 aliphatic heterocycles. The molecule has 0 aliphatic rings. The van der Waals surface area contributed by atoms with E-state index in [1.807, 2.05) is 18.2 Å². The van der Waals surface area contributed by atoms with Crippen LogP contribution in [0.15, 0.2) is 53.1 Å². The molecule has 2 aromatic carbocycles. The van der Waals surface area contributed by atoms with Crippen molar-refractivity contribution in [3.8, 4) is 5.75 Å². The van der Waals surface area contributed by atoms with Crippen molar-refractivity contribution in [3.63, 3.8) is 0 Å². The van der Waals surface area contributed by atoms with Crippen molar-refractivity contribution in [1.29, 1.82) is 0 Å². The van der Waals surface area contributed by atoms with Gasteiger partial charge in [-0.25, -0.2) is 0 Å². The summed E-state index contributed by atoms with van der Waals surface area (Å²) in [6.07, 6.45) is 2.51. The molecule has 0 aliphatic carbocycles. The molecule has 1 aromatic heterocycles. The fraction of sp³-hybridized carbons (Fsp3) is 0.211. The third kappa shape index (κ3) is 3.96. The van der Waals surface area contributed by atoms with Gasteiger partial charge >= 0.3 is 6.61 Å². The van der Waals surface area contributed by atoms with Crippen LogP contribution in [-0.4, -0.2) is 12.5 Å². The number of amides is 1. The fourth-order valence-corrected chi connectivity index (χ4v) is 2.62. The molecule has 4 nitrogen and oxygen atoms in total. The lowest BCUT2D eigenvalue weighted by Crippen LogP contribution is -2.15. The van der Waals surface area contributed by atoms with Crippen molar-refractivity contribution >= 4 is 22.6 Å². The molecule has 3 aromatic rings. The maximum atomic E-state index is 12.4. The zero-order valence-electron chi connectivity index (χ0n) is 13.6. The molecule has 3 rings (SSSR count). The molecule has 130 valence electrons. The minimum absolute atomic E-state index is 0.0709. The van der Waals surface area contributed by atoms with Crippen LogP contribution in [0.1, 0.15) is 18.1 Å². The van der Waals surface area contributed by atoms with Gasteiger partial charge in [-0.3, -0.25) is 4.79 Å². The predicted octanol–water partition coefficient (Wildman–Crippen LogP) is 4.78. The van der Waals surface area contributed by atoms with Crippen LogP contribution in [0.3, 0.4) is 0 Å². The van der Waals surface area contributed by atoms with E-state index in [1.54, 1.807) is 18.4 Å². The minimum atomic E-state index is -2.95. The smallest absolute Gasteiger partial charge is 0.387 e. The summed E-state index contributed by atoms with van der Waals surface area (Å²) in [6, 6.07) is 11.9. The van der Waals surface area contributed by atoms with Gasteiger partial charge in [-0.2, -0.15) is 8.78 Å². The Hall–Kier alpha value is -2.89. The van der Waals surface area contributed by atoms with E-state index in [1.165, 1.54) is 12.1 Å². The maximum Gasteiger partial charge on any atom is 0.387 e. The molecule has 25 heavy (non-hydrogen) atoms. The molecule has 0 atom stereocenters. The summed E-state index contributed by atoms with van der Waals surface area (Å²) in [5, 5.41) is 3.47. The van der Waals surface area contributed by atoms with E-state index in [0.717, 1.165) is 28.5 Å². The van der Waals surface area contributed by atoms with Crippen LogP contribution >= 0.6 is 0 Å². The summed E-state index contributed by atoms with van der Waals surface area (Å²) in [7, 11) is 0. The second-order valence-electron chi connectivity index (χ2n) is 5.54. The molecule has 0 bridgehead atoms. The number of nitrogens with one attached hydrogen (secondary N) is 1. The molecule has 6 heteroatoms. The number of carbonyl (C=O) groups is 1. The standard InChI is InChI=1S/C19H17F2NO3/c1-2-12-7-8-14-13(11-24-17(14)9-12)10-18(23)22-15-5-3-4-6-16(15)25-19(20)21/h3-9,11,19H,2,10H2,1H3,(H,22,23). The summed E-state index contributed by atoms with van der Waals surface area (Å²) in [5.41, 5.74) is 2.82. The van der Waals surface area contributed by atoms with Gasteiger partial charge in [0.1, 0.15) is 11.3 Å². The molecule has 0 saturated carbocycles. The van der Waals surface area contributed by atoms with Crippen LogP contribution in [0.5, 0.6) is 5.75 Å². The Morgan fingerprint density at radius 2 is 2.04 bits per heavy atom. The Labute approximate surface area is 143 Å². The number of para-hydroxylation sites is 2. The lowest BCUT2D eigenvalue weighted by Gasteiger charge is -2.11. The van der Waals surface area contributed by atoms with Crippen molar-refractivity contribution in [1.82, 2.24) is 0 Å². The highest BCUT2D eigenvalue weighted by Gasteiger charge is 2.14. The average Bonchev–Trinajstić information content (AvgIpc) is 2.98. The van der Waals surface area contributed by atoms with E-state index in [2.05, 4.69) is 17.0 Å². The van der Waals surface area contributed by atoms with Gasteiger partial charge in [0.25, 0.3) is 0 Å². The molecule has 0 saturated heterocycles. The number of ether oxygens (including phenoxy) is 1. The van der Waals surface area contributed by atoms with Crippen molar-refractivity contribution in [2.24, 2.45) is 0 Å². The van der Waals surface area contributed by atoms with Gasteiger partial charge < -0.3 is 14.5 Å². The number of fused-ring (bicyclic) bond motifs is 1. The molecule has 0 spiro atoms. The summed E-state index contributed by atoms with van der Waals surface area (Å²) in [6.45, 7) is -0.902. The van der Waals surface area contributed by atoms with Gasteiger partial charge in [0.05, 0.1) is 18.4 Å².